The molecule has 1 fully saturated rings. The van der Waals surface area contributed by atoms with Crippen LogP contribution in [0.2, 0.25) is 0 Å². The predicted molar refractivity (Wildman–Crippen MR) is 50.9 cm³/mol. The highest BCUT2D eigenvalue weighted by Crippen LogP contribution is 2.28. The van der Waals surface area contributed by atoms with E-state index in [-0.39, 0.29) is 17.9 Å². The molecule has 1 aliphatic heterocycles. The van der Waals surface area contributed by atoms with Crippen LogP contribution in [-0.2, 0) is 5.54 Å². The molecule has 1 atom stereocenters. The lowest BCUT2D eigenvalue weighted by Crippen LogP contribution is -2.33. The number of aryl methyl sites for hydroxylation is 1. The number of hydrogen-bond acceptors (Lipinski definition) is 4. The van der Waals surface area contributed by atoms with Gasteiger partial charge >= 0.3 is 0 Å². The van der Waals surface area contributed by atoms with Crippen LogP contribution in [0.4, 0.5) is 0 Å². The molecule has 1 aromatic heterocycles. The highest BCUT2D eigenvalue weighted by Gasteiger charge is 2.35. The molecule has 1 aliphatic rings. The summed E-state index contributed by atoms with van der Waals surface area (Å²) in [5.41, 5.74) is -0.0821. The molecule has 1 N–H and O–H groups in total. The van der Waals surface area contributed by atoms with Gasteiger partial charge in [-0.15, -0.1) is 12.4 Å². The Bertz CT molecular complexity index is 281. The summed E-state index contributed by atoms with van der Waals surface area (Å²) in [6, 6.07) is 0. The summed E-state index contributed by atoms with van der Waals surface area (Å²) in [6.45, 7) is 4.98. The summed E-state index contributed by atoms with van der Waals surface area (Å²) in [5.74, 6) is 1.43. The Hall–Kier alpha value is -0.610. The van der Waals surface area contributed by atoms with E-state index in [9.17, 15) is 0 Å². The van der Waals surface area contributed by atoms with Gasteiger partial charge in [0.15, 0.2) is 5.82 Å². The molecule has 2 heterocycles. The molecule has 0 aliphatic carbocycles. The second-order valence-electron chi connectivity index (χ2n) is 3.51. The molecule has 0 amide bonds. The van der Waals surface area contributed by atoms with Gasteiger partial charge in [0.05, 0.1) is 5.54 Å². The maximum Gasteiger partial charge on any atom is 0.246 e. The first-order valence-corrected chi connectivity index (χ1v) is 4.26. The van der Waals surface area contributed by atoms with Gasteiger partial charge in [-0.3, -0.25) is 0 Å². The molecule has 0 spiro atoms. The standard InChI is InChI=1S/C8H13N3O.ClH/c1-6-10-7(12-11-6)8(2)4-3-5-9-8;/h9H,3-5H2,1-2H3;1H. The number of rotatable bonds is 1. The average Bonchev–Trinajstić information content (AvgIpc) is 2.59. The minimum absolute atomic E-state index is 0. The zero-order valence-electron chi connectivity index (χ0n) is 7.83. The largest absolute Gasteiger partial charge is 0.337 e. The van der Waals surface area contributed by atoms with Gasteiger partial charge < -0.3 is 9.84 Å². The molecule has 74 valence electrons. The Morgan fingerprint density at radius 3 is 2.77 bits per heavy atom. The Morgan fingerprint density at radius 2 is 2.31 bits per heavy atom. The fourth-order valence-corrected chi connectivity index (χ4v) is 1.60. The van der Waals surface area contributed by atoms with Crippen molar-refractivity contribution in [1.82, 2.24) is 15.5 Å². The van der Waals surface area contributed by atoms with E-state index in [1.165, 1.54) is 6.42 Å². The molecule has 0 aromatic carbocycles. The van der Waals surface area contributed by atoms with E-state index in [2.05, 4.69) is 22.4 Å². The van der Waals surface area contributed by atoms with Crippen molar-refractivity contribution in [2.75, 3.05) is 6.54 Å². The van der Waals surface area contributed by atoms with Crippen molar-refractivity contribution in [2.45, 2.75) is 32.2 Å². The van der Waals surface area contributed by atoms with Crippen molar-refractivity contribution < 1.29 is 4.52 Å². The minimum Gasteiger partial charge on any atom is -0.337 e. The first-order chi connectivity index (χ1) is 5.71. The smallest absolute Gasteiger partial charge is 0.246 e. The summed E-state index contributed by atoms with van der Waals surface area (Å²) in [5, 5.41) is 7.15. The van der Waals surface area contributed by atoms with E-state index < -0.39 is 0 Å². The van der Waals surface area contributed by atoms with Crippen LogP contribution in [0, 0.1) is 6.92 Å². The Balaban J connectivity index is 0.000000845. The molecule has 5 heteroatoms. The summed E-state index contributed by atoms with van der Waals surface area (Å²) in [7, 11) is 0. The van der Waals surface area contributed by atoms with Crippen LogP contribution < -0.4 is 5.32 Å². The van der Waals surface area contributed by atoms with E-state index in [4.69, 9.17) is 4.52 Å². The van der Waals surface area contributed by atoms with E-state index >= 15 is 0 Å². The van der Waals surface area contributed by atoms with Gasteiger partial charge in [-0.2, -0.15) is 4.98 Å². The predicted octanol–water partition coefficient (Wildman–Crippen LogP) is 1.40. The Morgan fingerprint density at radius 1 is 1.54 bits per heavy atom. The first kappa shape index (κ1) is 10.5. The monoisotopic (exact) mass is 203 g/mol. The molecular weight excluding hydrogens is 190 g/mol. The Kier molecular flexibility index (Phi) is 2.93. The van der Waals surface area contributed by atoms with Crippen LogP contribution in [0.3, 0.4) is 0 Å². The van der Waals surface area contributed by atoms with E-state index in [1.54, 1.807) is 0 Å². The zero-order chi connectivity index (χ0) is 8.60. The van der Waals surface area contributed by atoms with Crippen molar-refractivity contribution in [2.24, 2.45) is 0 Å². The van der Waals surface area contributed by atoms with Crippen LogP contribution in [0.1, 0.15) is 31.5 Å². The van der Waals surface area contributed by atoms with Crippen LogP contribution in [0.5, 0.6) is 0 Å². The second kappa shape index (κ2) is 3.64. The van der Waals surface area contributed by atoms with Crippen LogP contribution in [0.25, 0.3) is 0 Å². The lowest BCUT2D eigenvalue weighted by Gasteiger charge is -2.18. The highest BCUT2D eigenvalue weighted by molar-refractivity contribution is 5.85. The van der Waals surface area contributed by atoms with Crippen molar-refractivity contribution in [3.63, 3.8) is 0 Å². The Labute approximate surface area is 83.5 Å². The van der Waals surface area contributed by atoms with Gasteiger partial charge in [0.2, 0.25) is 5.89 Å². The molecule has 0 saturated carbocycles. The van der Waals surface area contributed by atoms with E-state index in [0.717, 1.165) is 18.9 Å². The third-order valence-corrected chi connectivity index (χ3v) is 2.37. The van der Waals surface area contributed by atoms with Crippen molar-refractivity contribution in [1.29, 1.82) is 0 Å². The van der Waals surface area contributed by atoms with Gasteiger partial charge in [-0.05, 0) is 33.2 Å². The average molecular weight is 204 g/mol. The van der Waals surface area contributed by atoms with Gasteiger partial charge in [0, 0.05) is 0 Å². The quantitative estimate of drug-likeness (QED) is 0.750. The second-order valence-corrected chi connectivity index (χ2v) is 3.51. The minimum atomic E-state index is -0.0821. The number of nitrogens with one attached hydrogen (secondary N) is 1. The normalized spacial score (nSPS) is 27.2. The summed E-state index contributed by atoms with van der Waals surface area (Å²) in [4.78, 5) is 4.22. The number of aromatic nitrogens is 2. The summed E-state index contributed by atoms with van der Waals surface area (Å²) < 4.78 is 5.13. The number of hydrogen-bond donors (Lipinski definition) is 1. The molecule has 2 rings (SSSR count). The molecule has 0 bridgehead atoms. The maximum absolute atomic E-state index is 5.13. The number of nitrogens with zero attached hydrogens (tertiary/aromatic N) is 2. The molecule has 4 nitrogen and oxygen atoms in total. The van der Waals surface area contributed by atoms with Crippen molar-refractivity contribution in [3.8, 4) is 0 Å². The third kappa shape index (κ3) is 1.84. The zero-order valence-corrected chi connectivity index (χ0v) is 8.65. The van der Waals surface area contributed by atoms with Crippen LogP contribution in [0.15, 0.2) is 4.52 Å². The van der Waals surface area contributed by atoms with Crippen LogP contribution >= 0.6 is 12.4 Å². The molecule has 13 heavy (non-hydrogen) atoms. The molecule has 1 unspecified atom stereocenters. The fraction of sp³-hybridized carbons (Fsp3) is 0.750. The van der Waals surface area contributed by atoms with Gasteiger partial charge in [-0.1, -0.05) is 5.16 Å². The summed E-state index contributed by atoms with van der Waals surface area (Å²) in [6.07, 6.45) is 2.26. The van der Waals surface area contributed by atoms with Gasteiger partial charge in [0.1, 0.15) is 0 Å². The molecule has 0 radical (unpaired) electrons. The van der Waals surface area contributed by atoms with Crippen molar-refractivity contribution in [3.05, 3.63) is 11.7 Å². The topological polar surface area (TPSA) is 51.0 Å². The van der Waals surface area contributed by atoms with Crippen molar-refractivity contribution >= 4 is 12.4 Å². The molecular formula is C8H14ClN3O. The highest BCUT2D eigenvalue weighted by atomic mass is 35.5. The third-order valence-electron chi connectivity index (χ3n) is 2.37. The maximum atomic E-state index is 5.13. The SMILES string of the molecule is Cc1noc(C2(C)CCCN2)n1.Cl. The van der Waals surface area contributed by atoms with Gasteiger partial charge in [0.25, 0.3) is 0 Å². The fourth-order valence-electron chi connectivity index (χ4n) is 1.60. The number of halogens is 1. The lowest BCUT2D eigenvalue weighted by atomic mass is 10.0. The molecule has 1 aromatic rings. The lowest BCUT2D eigenvalue weighted by molar-refractivity contribution is 0.274. The first-order valence-electron chi connectivity index (χ1n) is 4.26. The van der Waals surface area contributed by atoms with Gasteiger partial charge in [-0.25, -0.2) is 0 Å². The summed E-state index contributed by atoms with van der Waals surface area (Å²) >= 11 is 0. The van der Waals surface area contributed by atoms with E-state index in [0.29, 0.717) is 5.82 Å². The van der Waals surface area contributed by atoms with Crippen LogP contribution in [-0.4, -0.2) is 16.7 Å². The molecule has 1 saturated heterocycles. The van der Waals surface area contributed by atoms with E-state index in [1.807, 2.05) is 6.92 Å².